The van der Waals surface area contributed by atoms with Crippen LogP contribution in [0, 0.1) is 0 Å². The van der Waals surface area contributed by atoms with E-state index in [2.05, 4.69) is 31.4 Å². The number of ether oxygens (including phenoxy) is 1. The molecule has 0 bridgehead atoms. The quantitative estimate of drug-likeness (QED) is 0.404. The van der Waals surface area contributed by atoms with Crippen LogP contribution in [-0.4, -0.2) is 22.2 Å². The average Bonchev–Trinajstić information content (AvgIpc) is 3.27. The molecule has 150 valence electrons. The smallest absolute Gasteiger partial charge is 0.265 e. The van der Waals surface area contributed by atoms with Crippen LogP contribution < -0.4 is 10.1 Å². The molecule has 1 atom stereocenters. The van der Waals surface area contributed by atoms with E-state index in [1.165, 1.54) is 0 Å². The third kappa shape index (κ3) is 4.58. The Hall–Kier alpha value is -3.45. The largest absolute Gasteiger partial charge is 0.480 e. The summed E-state index contributed by atoms with van der Waals surface area (Å²) in [5, 5.41) is 11.1. The van der Waals surface area contributed by atoms with Gasteiger partial charge in [0.2, 0.25) is 11.8 Å². The molecule has 0 saturated carbocycles. The number of anilines is 1. The van der Waals surface area contributed by atoms with E-state index >= 15 is 0 Å². The summed E-state index contributed by atoms with van der Waals surface area (Å²) in [4.78, 5) is 12.5. The second kappa shape index (κ2) is 8.92. The lowest BCUT2D eigenvalue weighted by Gasteiger charge is -2.15. The normalized spacial score (nSPS) is 11.7. The van der Waals surface area contributed by atoms with Gasteiger partial charge in [-0.2, -0.15) is 0 Å². The maximum absolute atomic E-state index is 12.5. The summed E-state index contributed by atoms with van der Waals surface area (Å²) >= 11 is 3.41. The van der Waals surface area contributed by atoms with Gasteiger partial charge in [0.15, 0.2) is 6.10 Å². The first kappa shape index (κ1) is 19.8. The molecule has 0 fully saturated rings. The maximum Gasteiger partial charge on any atom is 0.265 e. The summed E-state index contributed by atoms with van der Waals surface area (Å²) < 4.78 is 12.3. The number of nitrogens with zero attached hydrogens (tertiary/aromatic N) is 2. The second-order valence-corrected chi connectivity index (χ2v) is 7.39. The number of aromatic nitrogens is 2. The van der Waals surface area contributed by atoms with Crippen molar-refractivity contribution in [3.8, 4) is 28.7 Å². The minimum Gasteiger partial charge on any atom is -0.480 e. The number of rotatable bonds is 6. The van der Waals surface area contributed by atoms with Gasteiger partial charge in [-0.1, -0.05) is 30.3 Å². The molecular weight excluding hydrogens is 446 g/mol. The zero-order valence-corrected chi connectivity index (χ0v) is 17.7. The van der Waals surface area contributed by atoms with Crippen molar-refractivity contribution in [2.24, 2.45) is 0 Å². The van der Waals surface area contributed by atoms with Crippen LogP contribution >= 0.6 is 15.9 Å². The zero-order valence-electron chi connectivity index (χ0n) is 16.1. The summed E-state index contributed by atoms with van der Waals surface area (Å²) in [5.41, 5.74) is 2.27. The monoisotopic (exact) mass is 463 g/mol. The first-order valence-corrected chi connectivity index (χ1v) is 10.1. The number of para-hydroxylation sites is 1. The molecule has 1 unspecified atom stereocenters. The Labute approximate surface area is 182 Å². The third-order valence-corrected chi connectivity index (χ3v) is 5.01. The zero-order chi connectivity index (χ0) is 20.9. The first-order valence-electron chi connectivity index (χ1n) is 9.31. The Morgan fingerprint density at radius 3 is 2.17 bits per heavy atom. The van der Waals surface area contributed by atoms with Gasteiger partial charge in [0.25, 0.3) is 5.91 Å². The minimum atomic E-state index is -0.659. The van der Waals surface area contributed by atoms with Gasteiger partial charge in [0.1, 0.15) is 5.75 Å². The number of carbonyl (C=O) groups excluding carboxylic acids is 1. The van der Waals surface area contributed by atoms with Crippen LogP contribution in [0.4, 0.5) is 5.69 Å². The highest BCUT2D eigenvalue weighted by atomic mass is 79.9. The summed E-state index contributed by atoms with van der Waals surface area (Å²) in [6, 6.07) is 24.2. The maximum atomic E-state index is 12.5. The van der Waals surface area contributed by atoms with Crippen LogP contribution in [0.3, 0.4) is 0 Å². The predicted molar refractivity (Wildman–Crippen MR) is 118 cm³/mol. The fourth-order valence-corrected chi connectivity index (χ4v) is 3.14. The lowest BCUT2D eigenvalue weighted by Crippen LogP contribution is -2.30. The van der Waals surface area contributed by atoms with Crippen molar-refractivity contribution in [1.82, 2.24) is 10.2 Å². The van der Waals surface area contributed by atoms with E-state index < -0.39 is 6.10 Å². The molecule has 1 aromatic heterocycles. The predicted octanol–water partition coefficient (Wildman–Crippen LogP) is 5.57. The number of amides is 1. The number of halogens is 1. The molecule has 30 heavy (non-hydrogen) atoms. The molecule has 6 nitrogen and oxygen atoms in total. The second-order valence-electron chi connectivity index (χ2n) is 6.54. The van der Waals surface area contributed by atoms with Crippen molar-refractivity contribution in [2.45, 2.75) is 13.0 Å². The van der Waals surface area contributed by atoms with Crippen molar-refractivity contribution >= 4 is 27.5 Å². The van der Waals surface area contributed by atoms with Crippen molar-refractivity contribution in [1.29, 1.82) is 0 Å². The standard InChI is InChI=1S/C23H18BrN3O3/c1-15(29-20-10-6-5-9-19(20)24)21(28)25-18-13-11-17(12-14-18)23-27-26-22(30-23)16-7-3-2-4-8-16/h2-15H,1H3,(H,25,28). The van der Waals surface area contributed by atoms with Gasteiger partial charge in [0.05, 0.1) is 4.47 Å². The van der Waals surface area contributed by atoms with Crippen molar-refractivity contribution in [3.63, 3.8) is 0 Å². The molecule has 0 aliphatic heterocycles. The molecule has 1 heterocycles. The van der Waals surface area contributed by atoms with Crippen LogP contribution in [0.25, 0.3) is 22.9 Å². The first-order chi connectivity index (χ1) is 14.6. The van der Waals surface area contributed by atoms with Gasteiger partial charge in [-0.05, 0) is 71.4 Å². The molecular formula is C23H18BrN3O3. The van der Waals surface area contributed by atoms with Crippen LogP contribution in [0.1, 0.15) is 6.92 Å². The van der Waals surface area contributed by atoms with Gasteiger partial charge in [-0.3, -0.25) is 4.79 Å². The summed E-state index contributed by atoms with van der Waals surface area (Å²) in [7, 11) is 0. The molecule has 1 amide bonds. The molecule has 7 heteroatoms. The molecule has 0 spiro atoms. The number of hydrogen-bond acceptors (Lipinski definition) is 5. The van der Waals surface area contributed by atoms with Gasteiger partial charge in [-0.15, -0.1) is 10.2 Å². The Morgan fingerprint density at radius 1 is 0.900 bits per heavy atom. The van der Waals surface area contributed by atoms with Crippen molar-refractivity contribution < 1.29 is 13.9 Å². The Balaban J connectivity index is 1.41. The fraction of sp³-hybridized carbons (Fsp3) is 0.0870. The Kier molecular flexibility index (Phi) is 5.90. The van der Waals surface area contributed by atoms with Gasteiger partial charge in [0, 0.05) is 16.8 Å². The van der Waals surface area contributed by atoms with E-state index in [0.717, 1.165) is 15.6 Å². The number of nitrogens with one attached hydrogen (secondary N) is 1. The van der Waals surface area contributed by atoms with Gasteiger partial charge in [-0.25, -0.2) is 0 Å². The van der Waals surface area contributed by atoms with E-state index in [1.54, 1.807) is 25.1 Å². The van der Waals surface area contributed by atoms with Gasteiger partial charge < -0.3 is 14.5 Å². The van der Waals surface area contributed by atoms with E-state index in [0.29, 0.717) is 23.2 Å². The van der Waals surface area contributed by atoms with Crippen LogP contribution in [0.2, 0.25) is 0 Å². The molecule has 4 aromatic rings. The number of benzene rings is 3. The van der Waals surface area contributed by atoms with E-state index in [-0.39, 0.29) is 5.91 Å². The molecule has 4 rings (SSSR count). The highest BCUT2D eigenvalue weighted by Gasteiger charge is 2.16. The summed E-state index contributed by atoms with van der Waals surface area (Å²) in [6.07, 6.45) is -0.659. The number of carbonyl (C=O) groups is 1. The SMILES string of the molecule is CC(Oc1ccccc1Br)C(=O)Nc1ccc(-c2nnc(-c3ccccc3)o2)cc1. The highest BCUT2D eigenvalue weighted by molar-refractivity contribution is 9.10. The molecule has 0 saturated heterocycles. The molecule has 0 radical (unpaired) electrons. The van der Waals surface area contributed by atoms with E-state index in [4.69, 9.17) is 9.15 Å². The van der Waals surface area contributed by atoms with Crippen molar-refractivity contribution in [3.05, 3.63) is 83.3 Å². The van der Waals surface area contributed by atoms with E-state index in [1.807, 2.05) is 60.7 Å². The summed E-state index contributed by atoms with van der Waals surface area (Å²) in [5.74, 6) is 1.24. The number of hydrogen-bond donors (Lipinski definition) is 1. The topological polar surface area (TPSA) is 77.2 Å². The average molecular weight is 464 g/mol. The van der Waals surface area contributed by atoms with Crippen LogP contribution in [0.5, 0.6) is 5.75 Å². The molecule has 0 aliphatic rings. The molecule has 0 aliphatic carbocycles. The molecule has 3 aromatic carbocycles. The van der Waals surface area contributed by atoms with Gasteiger partial charge >= 0.3 is 0 Å². The minimum absolute atomic E-state index is 0.248. The lowest BCUT2D eigenvalue weighted by atomic mass is 10.2. The third-order valence-electron chi connectivity index (χ3n) is 4.35. The van der Waals surface area contributed by atoms with Crippen LogP contribution in [0.15, 0.2) is 87.8 Å². The highest BCUT2D eigenvalue weighted by Crippen LogP contribution is 2.26. The van der Waals surface area contributed by atoms with Crippen LogP contribution in [-0.2, 0) is 4.79 Å². The van der Waals surface area contributed by atoms with E-state index in [9.17, 15) is 4.79 Å². The van der Waals surface area contributed by atoms with Crippen molar-refractivity contribution in [2.75, 3.05) is 5.32 Å². The Bertz CT molecular complexity index is 1140. The fourth-order valence-electron chi connectivity index (χ4n) is 2.76. The molecule has 1 N–H and O–H groups in total. The summed E-state index contributed by atoms with van der Waals surface area (Å²) in [6.45, 7) is 1.70. The Morgan fingerprint density at radius 2 is 1.50 bits per heavy atom. The lowest BCUT2D eigenvalue weighted by molar-refractivity contribution is -0.122.